The van der Waals surface area contributed by atoms with Gasteiger partial charge in [0.1, 0.15) is 0 Å². The van der Waals surface area contributed by atoms with Crippen molar-refractivity contribution in [3.05, 3.63) is 29.8 Å². The lowest BCUT2D eigenvalue weighted by atomic mass is 10.1. The van der Waals surface area contributed by atoms with Crippen molar-refractivity contribution in [3.63, 3.8) is 0 Å². The van der Waals surface area contributed by atoms with Gasteiger partial charge in [-0.15, -0.1) is 11.8 Å². The molecule has 0 spiro atoms. The predicted molar refractivity (Wildman–Crippen MR) is 80.3 cm³/mol. The van der Waals surface area contributed by atoms with E-state index in [0.29, 0.717) is 0 Å². The minimum absolute atomic E-state index is 0.0277. The number of hydrogen-bond acceptors (Lipinski definition) is 3. The van der Waals surface area contributed by atoms with E-state index in [0.717, 1.165) is 10.5 Å². The summed E-state index contributed by atoms with van der Waals surface area (Å²) >= 11 is 1.50. The van der Waals surface area contributed by atoms with E-state index in [1.165, 1.54) is 11.8 Å². The van der Waals surface area contributed by atoms with Gasteiger partial charge in [0, 0.05) is 10.4 Å². The molecule has 0 radical (unpaired) electrons. The maximum atomic E-state index is 12.0. The molecular weight excluding hydrogens is 258 g/mol. The van der Waals surface area contributed by atoms with Crippen molar-refractivity contribution >= 4 is 17.7 Å². The topological polar surface area (TPSA) is 49.3 Å². The minimum Gasteiger partial charge on any atom is -0.389 e. The van der Waals surface area contributed by atoms with Crippen LogP contribution in [0.2, 0.25) is 0 Å². The summed E-state index contributed by atoms with van der Waals surface area (Å²) in [7, 11) is 0. The van der Waals surface area contributed by atoms with Gasteiger partial charge in [-0.05, 0) is 52.3 Å². The molecule has 0 aromatic heterocycles. The summed E-state index contributed by atoms with van der Waals surface area (Å²) in [6.07, 6.45) is -0.487. The summed E-state index contributed by atoms with van der Waals surface area (Å²) in [6, 6.07) is 7.67. The van der Waals surface area contributed by atoms with Crippen molar-refractivity contribution in [2.24, 2.45) is 0 Å². The standard InChI is InChI=1S/C15H23NO2S/c1-10(17)12-7-6-8-13(9-12)19-11(2)14(18)16-15(3,4)5/h6-11,17H,1-5H3,(H,16,18). The van der Waals surface area contributed by atoms with Crippen LogP contribution in [-0.2, 0) is 4.79 Å². The number of carbonyl (C=O) groups excluding carboxylic acids is 1. The Labute approximate surface area is 119 Å². The number of amides is 1. The number of rotatable bonds is 4. The lowest BCUT2D eigenvalue weighted by Crippen LogP contribution is -2.44. The Morgan fingerprint density at radius 3 is 2.47 bits per heavy atom. The third kappa shape index (κ3) is 5.66. The molecule has 106 valence electrons. The molecule has 1 rings (SSSR count). The smallest absolute Gasteiger partial charge is 0.233 e. The Bertz CT molecular complexity index is 438. The van der Waals surface area contributed by atoms with Crippen LogP contribution >= 0.6 is 11.8 Å². The Kier molecular flexibility index (Phi) is 5.44. The fraction of sp³-hybridized carbons (Fsp3) is 0.533. The summed E-state index contributed by atoms with van der Waals surface area (Å²) in [5.74, 6) is 0.0277. The van der Waals surface area contributed by atoms with E-state index in [4.69, 9.17) is 0 Å². The second kappa shape index (κ2) is 6.44. The van der Waals surface area contributed by atoms with Gasteiger partial charge >= 0.3 is 0 Å². The minimum atomic E-state index is -0.487. The van der Waals surface area contributed by atoms with Crippen molar-refractivity contribution < 1.29 is 9.90 Å². The Hall–Kier alpha value is -1.00. The maximum absolute atomic E-state index is 12.0. The molecule has 0 bridgehead atoms. The highest BCUT2D eigenvalue weighted by molar-refractivity contribution is 8.00. The lowest BCUT2D eigenvalue weighted by molar-refractivity contribution is -0.121. The van der Waals surface area contributed by atoms with E-state index in [9.17, 15) is 9.90 Å². The van der Waals surface area contributed by atoms with Gasteiger partial charge in [-0.25, -0.2) is 0 Å². The van der Waals surface area contributed by atoms with Gasteiger partial charge in [0.15, 0.2) is 0 Å². The van der Waals surface area contributed by atoms with Crippen LogP contribution in [0, 0.1) is 0 Å². The monoisotopic (exact) mass is 281 g/mol. The van der Waals surface area contributed by atoms with Gasteiger partial charge in [0.05, 0.1) is 11.4 Å². The number of aliphatic hydroxyl groups excluding tert-OH is 1. The number of carbonyl (C=O) groups is 1. The molecule has 0 aliphatic heterocycles. The molecule has 4 heteroatoms. The summed E-state index contributed by atoms with van der Waals surface area (Å²) in [6.45, 7) is 9.53. The first-order valence-electron chi connectivity index (χ1n) is 6.46. The average molecular weight is 281 g/mol. The molecule has 0 heterocycles. The number of thioether (sulfide) groups is 1. The van der Waals surface area contributed by atoms with E-state index in [1.54, 1.807) is 6.92 Å². The maximum Gasteiger partial charge on any atom is 0.233 e. The van der Waals surface area contributed by atoms with Crippen LogP contribution in [-0.4, -0.2) is 21.8 Å². The highest BCUT2D eigenvalue weighted by Gasteiger charge is 2.20. The van der Waals surface area contributed by atoms with E-state index < -0.39 is 6.10 Å². The van der Waals surface area contributed by atoms with Crippen LogP contribution in [0.5, 0.6) is 0 Å². The van der Waals surface area contributed by atoms with Gasteiger partial charge in [0.2, 0.25) is 5.91 Å². The van der Waals surface area contributed by atoms with Crippen LogP contribution < -0.4 is 5.32 Å². The summed E-state index contributed by atoms with van der Waals surface area (Å²) in [5, 5.41) is 12.4. The highest BCUT2D eigenvalue weighted by Crippen LogP contribution is 2.26. The summed E-state index contributed by atoms with van der Waals surface area (Å²) < 4.78 is 0. The quantitative estimate of drug-likeness (QED) is 0.834. The highest BCUT2D eigenvalue weighted by atomic mass is 32.2. The molecule has 0 aliphatic rings. The normalized spacial score (nSPS) is 14.8. The molecule has 1 aromatic rings. The number of aliphatic hydroxyl groups is 1. The van der Waals surface area contributed by atoms with Crippen LogP contribution in [0.1, 0.15) is 46.3 Å². The molecule has 3 nitrogen and oxygen atoms in total. The van der Waals surface area contributed by atoms with E-state index in [2.05, 4.69) is 5.32 Å². The van der Waals surface area contributed by atoms with Gasteiger partial charge in [0.25, 0.3) is 0 Å². The lowest BCUT2D eigenvalue weighted by Gasteiger charge is -2.23. The van der Waals surface area contributed by atoms with E-state index in [-0.39, 0.29) is 16.7 Å². The third-order valence-electron chi connectivity index (χ3n) is 2.52. The van der Waals surface area contributed by atoms with Gasteiger partial charge in [-0.1, -0.05) is 12.1 Å². The zero-order valence-corrected chi connectivity index (χ0v) is 13.0. The number of nitrogens with one attached hydrogen (secondary N) is 1. The fourth-order valence-electron chi connectivity index (χ4n) is 1.58. The van der Waals surface area contributed by atoms with Crippen LogP contribution in [0.25, 0.3) is 0 Å². The predicted octanol–water partition coefficient (Wildman–Crippen LogP) is 3.14. The SMILES string of the molecule is CC(Sc1cccc(C(C)O)c1)C(=O)NC(C)(C)C. The first kappa shape index (κ1) is 16.1. The molecule has 1 aromatic carbocycles. The Morgan fingerprint density at radius 2 is 1.95 bits per heavy atom. The largest absolute Gasteiger partial charge is 0.389 e. The number of hydrogen-bond donors (Lipinski definition) is 2. The van der Waals surface area contributed by atoms with Gasteiger partial charge in [-0.3, -0.25) is 4.79 Å². The molecule has 0 aliphatic carbocycles. The third-order valence-corrected chi connectivity index (χ3v) is 3.61. The zero-order chi connectivity index (χ0) is 14.6. The zero-order valence-electron chi connectivity index (χ0n) is 12.2. The van der Waals surface area contributed by atoms with E-state index in [1.807, 2.05) is 52.0 Å². The molecule has 19 heavy (non-hydrogen) atoms. The molecule has 1 amide bonds. The Morgan fingerprint density at radius 1 is 1.32 bits per heavy atom. The first-order chi connectivity index (χ1) is 8.69. The van der Waals surface area contributed by atoms with Crippen LogP contribution in [0.3, 0.4) is 0 Å². The Balaban J connectivity index is 2.69. The molecule has 0 saturated carbocycles. The van der Waals surface area contributed by atoms with Crippen molar-refractivity contribution in [1.82, 2.24) is 5.32 Å². The van der Waals surface area contributed by atoms with Crippen molar-refractivity contribution in [3.8, 4) is 0 Å². The summed E-state index contributed by atoms with van der Waals surface area (Å²) in [4.78, 5) is 13.0. The average Bonchev–Trinajstić information content (AvgIpc) is 2.27. The van der Waals surface area contributed by atoms with Gasteiger partial charge < -0.3 is 10.4 Å². The molecule has 2 N–H and O–H groups in total. The van der Waals surface area contributed by atoms with Crippen LogP contribution in [0.4, 0.5) is 0 Å². The van der Waals surface area contributed by atoms with Crippen molar-refractivity contribution in [1.29, 1.82) is 0 Å². The summed E-state index contributed by atoms with van der Waals surface area (Å²) in [5.41, 5.74) is 0.654. The molecule has 0 fully saturated rings. The first-order valence-corrected chi connectivity index (χ1v) is 7.34. The fourth-order valence-corrected chi connectivity index (χ4v) is 2.51. The number of benzene rings is 1. The second-order valence-corrected chi connectivity index (χ2v) is 7.16. The molecular formula is C15H23NO2S. The van der Waals surface area contributed by atoms with E-state index >= 15 is 0 Å². The molecule has 0 saturated heterocycles. The second-order valence-electron chi connectivity index (χ2n) is 5.75. The molecule has 2 atom stereocenters. The van der Waals surface area contributed by atoms with Gasteiger partial charge in [-0.2, -0.15) is 0 Å². The molecule has 2 unspecified atom stereocenters. The van der Waals surface area contributed by atoms with Crippen molar-refractivity contribution in [2.75, 3.05) is 0 Å². The van der Waals surface area contributed by atoms with Crippen LogP contribution in [0.15, 0.2) is 29.2 Å². The van der Waals surface area contributed by atoms with Crippen molar-refractivity contribution in [2.45, 2.75) is 56.4 Å².